The van der Waals surface area contributed by atoms with Crippen molar-refractivity contribution >= 4 is 18.0 Å². The molecule has 0 radical (unpaired) electrons. The number of halogens is 1. The maximum atomic E-state index is 15.0. The molecule has 3 aliphatic rings. The number of hydrogen-bond acceptors (Lipinski definition) is 7. The van der Waals surface area contributed by atoms with Gasteiger partial charge in [-0.2, -0.15) is 5.10 Å². The molecule has 2 fully saturated rings. The Balaban J connectivity index is 1.29. The fourth-order valence-electron chi connectivity index (χ4n) is 4.52. The summed E-state index contributed by atoms with van der Waals surface area (Å²) >= 11 is 0. The fraction of sp³-hybridized carbons (Fsp3) is 0.435. The maximum Gasteiger partial charge on any atom is 0.222 e. The van der Waals surface area contributed by atoms with E-state index in [-0.39, 0.29) is 6.04 Å². The van der Waals surface area contributed by atoms with Crippen LogP contribution in [0.15, 0.2) is 48.1 Å². The smallest absolute Gasteiger partial charge is 0.222 e. The van der Waals surface area contributed by atoms with E-state index in [0.717, 1.165) is 29.9 Å². The maximum absolute atomic E-state index is 15.0. The number of aliphatic imine (C=N–C) groups is 1. The molecule has 168 valence electrons. The first-order chi connectivity index (χ1) is 15.6. The largest absolute Gasteiger partial charge is 0.472 e. The average Bonchev–Trinajstić information content (AvgIpc) is 3.21. The molecule has 2 atom stereocenters. The lowest BCUT2D eigenvalue weighted by Crippen LogP contribution is -2.58. The van der Waals surface area contributed by atoms with Crippen LogP contribution in [0.5, 0.6) is 0 Å². The van der Waals surface area contributed by atoms with Crippen molar-refractivity contribution in [2.24, 2.45) is 4.99 Å². The Kier molecular flexibility index (Phi) is 5.52. The molecule has 2 unspecified atom stereocenters. The van der Waals surface area contributed by atoms with E-state index in [1.165, 1.54) is 0 Å². The number of rotatable bonds is 6. The number of likely N-dealkylation sites (N-methyl/N-ethyl adjacent to an activating group) is 1. The molecule has 0 N–H and O–H groups in total. The molecule has 2 aromatic rings. The van der Waals surface area contributed by atoms with Crippen molar-refractivity contribution < 1.29 is 13.9 Å². The summed E-state index contributed by atoms with van der Waals surface area (Å²) in [5.41, 5.74) is 3.32. The minimum atomic E-state index is -0.913. The number of fused-ring (bicyclic) bond motifs is 1. The van der Waals surface area contributed by atoms with Gasteiger partial charge in [0.25, 0.3) is 0 Å². The van der Waals surface area contributed by atoms with Crippen molar-refractivity contribution in [2.75, 3.05) is 38.3 Å². The van der Waals surface area contributed by atoms with E-state index in [4.69, 9.17) is 9.47 Å². The van der Waals surface area contributed by atoms with Crippen LogP contribution in [0.2, 0.25) is 0 Å². The Hall–Kier alpha value is -3.04. The number of anilines is 1. The number of piperidine rings is 1. The van der Waals surface area contributed by atoms with E-state index in [9.17, 15) is 4.39 Å². The molecule has 0 aromatic carbocycles. The monoisotopic (exact) mass is 438 g/mol. The van der Waals surface area contributed by atoms with Crippen LogP contribution >= 0.6 is 0 Å². The molecule has 3 aliphatic heterocycles. The fourth-order valence-corrected chi connectivity index (χ4v) is 4.52. The SMILES string of the molecule is C=CC1=C(N=C)OCc2cn(-c3ccc(N4CCC(N(C)C5COC5)C(F)C4)cn3)nc21. The summed E-state index contributed by atoms with van der Waals surface area (Å²) in [5.74, 6) is 1.11. The highest BCUT2D eigenvalue weighted by Crippen LogP contribution is 2.31. The van der Waals surface area contributed by atoms with Gasteiger partial charge in [0.2, 0.25) is 5.88 Å². The van der Waals surface area contributed by atoms with Crippen molar-refractivity contribution in [1.82, 2.24) is 19.7 Å². The van der Waals surface area contributed by atoms with Gasteiger partial charge in [0.05, 0.1) is 43.3 Å². The third-order valence-electron chi connectivity index (χ3n) is 6.55. The number of hydrogen-bond donors (Lipinski definition) is 0. The lowest BCUT2D eigenvalue weighted by Gasteiger charge is -2.45. The number of alkyl halides is 1. The molecule has 2 saturated heterocycles. The predicted octanol–water partition coefficient (Wildman–Crippen LogP) is 2.60. The Morgan fingerprint density at radius 1 is 1.34 bits per heavy atom. The summed E-state index contributed by atoms with van der Waals surface area (Å²) in [5, 5.41) is 4.65. The normalized spacial score (nSPS) is 23.5. The van der Waals surface area contributed by atoms with E-state index in [2.05, 4.69) is 38.2 Å². The zero-order valence-electron chi connectivity index (χ0n) is 18.2. The quantitative estimate of drug-likeness (QED) is 0.646. The minimum absolute atomic E-state index is 0.0629. The molecule has 8 nitrogen and oxygen atoms in total. The van der Waals surface area contributed by atoms with Gasteiger partial charge in [0.1, 0.15) is 18.5 Å². The van der Waals surface area contributed by atoms with Gasteiger partial charge in [0, 0.05) is 24.3 Å². The molecule has 0 spiro atoms. The van der Waals surface area contributed by atoms with Gasteiger partial charge >= 0.3 is 0 Å². The Bertz CT molecular complexity index is 1050. The van der Waals surface area contributed by atoms with E-state index < -0.39 is 6.17 Å². The van der Waals surface area contributed by atoms with Crippen molar-refractivity contribution in [1.29, 1.82) is 0 Å². The van der Waals surface area contributed by atoms with E-state index in [1.807, 2.05) is 25.4 Å². The summed E-state index contributed by atoms with van der Waals surface area (Å²) in [6, 6.07) is 4.14. The second-order valence-electron chi connectivity index (χ2n) is 8.37. The second-order valence-corrected chi connectivity index (χ2v) is 8.37. The molecule has 0 saturated carbocycles. The van der Waals surface area contributed by atoms with Gasteiger partial charge in [-0.05, 0) is 32.3 Å². The first kappa shape index (κ1) is 20.8. The Labute approximate surface area is 186 Å². The highest BCUT2D eigenvalue weighted by atomic mass is 19.1. The van der Waals surface area contributed by atoms with Crippen molar-refractivity contribution in [3.05, 3.63) is 54.3 Å². The number of pyridine rings is 1. The second kappa shape index (κ2) is 8.48. The third-order valence-corrected chi connectivity index (χ3v) is 6.55. The highest BCUT2D eigenvalue weighted by Gasteiger charge is 2.37. The van der Waals surface area contributed by atoms with Crippen LogP contribution in [0.4, 0.5) is 10.1 Å². The van der Waals surface area contributed by atoms with Gasteiger partial charge in [-0.3, -0.25) is 4.90 Å². The highest BCUT2D eigenvalue weighted by molar-refractivity contribution is 5.76. The zero-order valence-corrected chi connectivity index (χ0v) is 18.2. The van der Waals surface area contributed by atoms with Crippen LogP contribution < -0.4 is 4.90 Å². The van der Waals surface area contributed by atoms with E-state index in [0.29, 0.717) is 49.7 Å². The van der Waals surface area contributed by atoms with Crippen LogP contribution in [0.1, 0.15) is 17.7 Å². The van der Waals surface area contributed by atoms with Crippen molar-refractivity contribution in [2.45, 2.75) is 31.3 Å². The summed E-state index contributed by atoms with van der Waals surface area (Å²) in [7, 11) is 2.01. The summed E-state index contributed by atoms with van der Waals surface area (Å²) in [6.45, 7) is 10.3. The van der Waals surface area contributed by atoms with Crippen LogP contribution in [-0.2, 0) is 16.1 Å². The molecule has 0 amide bonds. The van der Waals surface area contributed by atoms with Gasteiger partial charge in [-0.25, -0.2) is 19.0 Å². The van der Waals surface area contributed by atoms with Crippen molar-refractivity contribution in [3.8, 4) is 5.82 Å². The average molecular weight is 439 g/mol. The van der Waals surface area contributed by atoms with E-state index in [1.54, 1.807) is 17.0 Å². The first-order valence-corrected chi connectivity index (χ1v) is 10.8. The van der Waals surface area contributed by atoms with Gasteiger partial charge in [-0.15, -0.1) is 0 Å². The first-order valence-electron chi connectivity index (χ1n) is 10.8. The van der Waals surface area contributed by atoms with Gasteiger partial charge < -0.3 is 14.4 Å². The predicted molar refractivity (Wildman–Crippen MR) is 121 cm³/mol. The van der Waals surface area contributed by atoms with Crippen LogP contribution in [0, 0.1) is 0 Å². The third kappa shape index (κ3) is 3.61. The number of allylic oxidation sites excluding steroid dienone is 2. The topological polar surface area (TPSA) is 68.0 Å². The minimum Gasteiger partial charge on any atom is -0.472 e. The Morgan fingerprint density at radius 3 is 2.81 bits per heavy atom. The number of ether oxygens (including phenoxy) is 2. The van der Waals surface area contributed by atoms with E-state index >= 15 is 0 Å². The standard InChI is InChI=1S/C23H27FN6O2/c1-4-18-22-15(12-32-23(18)25-2)10-30(27-22)21-6-5-16(9-26-21)29-8-7-20(19(24)11-29)28(3)17-13-31-14-17/h4-6,9-10,17,19-20H,1-2,7-8,11-14H2,3H3. The van der Waals surface area contributed by atoms with Crippen LogP contribution in [0.3, 0.4) is 0 Å². The Morgan fingerprint density at radius 2 is 2.19 bits per heavy atom. The molecule has 0 aliphatic carbocycles. The van der Waals surface area contributed by atoms with Crippen molar-refractivity contribution in [3.63, 3.8) is 0 Å². The lowest BCUT2D eigenvalue weighted by molar-refractivity contribution is -0.0812. The molecule has 5 rings (SSSR count). The molecule has 5 heterocycles. The van der Waals surface area contributed by atoms with Gasteiger partial charge in [-0.1, -0.05) is 12.7 Å². The zero-order chi connectivity index (χ0) is 22.2. The van der Waals surface area contributed by atoms with Gasteiger partial charge in [0.15, 0.2) is 5.82 Å². The summed E-state index contributed by atoms with van der Waals surface area (Å²) < 4.78 is 27.6. The van der Waals surface area contributed by atoms with Crippen LogP contribution in [-0.4, -0.2) is 78.0 Å². The lowest BCUT2D eigenvalue weighted by atomic mass is 9.99. The molecule has 2 aromatic heterocycles. The molecular weight excluding hydrogens is 411 g/mol. The molecule has 9 heteroatoms. The number of aromatic nitrogens is 3. The molecule has 0 bridgehead atoms. The number of nitrogens with zero attached hydrogens (tertiary/aromatic N) is 6. The summed E-state index contributed by atoms with van der Waals surface area (Å²) in [4.78, 5) is 12.7. The molecular formula is C23H27FN6O2. The molecule has 32 heavy (non-hydrogen) atoms. The van der Waals surface area contributed by atoms with Crippen LogP contribution in [0.25, 0.3) is 11.4 Å². The summed E-state index contributed by atoms with van der Waals surface area (Å²) in [6.07, 6.45) is 5.21.